The topological polar surface area (TPSA) is 12.9 Å². The number of halogens is 2. The molecule has 2 rings (SSSR count). The fraction of sp³-hybridized carbons (Fsp3) is 0. The molecule has 14 heavy (non-hydrogen) atoms. The zero-order valence-electron chi connectivity index (χ0n) is 7.24. The van der Waals surface area contributed by atoms with E-state index < -0.39 is 0 Å². The van der Waals surface area contributed by atoms with Crippen LogP contribution in [0.25, 0.3) is 11.3 Å². The lowest BCUT2D eigenvalue weighted by Gasteiger charge is -2.02. The van der Waals surface area contributed by atoms with E-state index in [0.717, 1.165) is 15.7 Å². The van der Waals surface area contributed by atoms with Gasteiger partial charge in [-0.25, -0.2) is 4.39 Å². The van der Waals surface area contributed by atoms with Crippen LogP contribution in [0.15, 0.2) is 47.1 Å². The maximum atomic E-state index is 12.8. The van der Waals surface area contributed by atoms with Crippen molar-refractivity contribution in [1.82, 2.24) is 4.98 Å². The lowest BCUT2D eigenvalue weighted by atomic mass is 10.1. The van der Waals surface area contributed by atoms with Crippen LogP contribution >= 0.6 is 15.9 Å². The van der Waals surface area contributed by atoms with Gasteiger partial charge in [-0.2, -0.15) is 0 Å². The van der Waals surface area contributed by atoms with Gasteiger partial charge in [-0.1, -0.05) is 6.07 Å². The predicted octanol–water partition coefficient (Wildman–Crippen LogP) is 3.65. The number of rotatable bonds is 1. The number of hydrogen-bond acceptors (Lipinski definition) is 1. The van der Waals surface area contributed by atoms with E-state index in [2.05, 4.69) is 20.9 Å². The Morgan fingerprint density at radius 1 is 1.14 bits per heavy atom. The van der Waals surface area contributed by atoms with Gasteiger partial charge in [0.25, 0.3) is 0 Å². The van der Waals surface area contributed by atoms with E-state index in [9.17, 15) is 4.39 Å². The largest absolute Gasteiger partial charge is 0.256 e. The van der Waals surface area contributed by atoms with Gasteiger partial charge in [-0.15, -0.1) is 0 Å². The first-order valence-electron chi connectivity index (χ1n) is 4.14. The predicted molar refractivity (Wildman–Crippen MR) is 57.3 cm³/mol. The first-order valence-corrected chi connectivity index (χ1v) is 4.93. The highest BCUT2D eigenvalue weighted by Gasteiger charge is 2.04. The normalized spacial score (nSPS) is 10.1. The smallest absolute Gasteiger partial charge is 0.124 e. The summed E-state index contributed by atoms with van der Waals surface area (Å²) in [6.07, 6.45) is 1.71. The molecule has 0 unspecified atom stereocenters. The highest BCUT2D eigenvalue weighted by Crippen LogP contribution is 2.26. The van der Waals surface area contributed by atoms with Gasteiger partial charge in [0.05, 0.1) is 5.69 Å². The quantitative estimate of drug-likeness (QED) is 0.754. The third-order valence-electron chi connectivity index (χ3n) is 1.87. The summed E-state index contributed by atoms with van der Waals surface area (Å²) in [6, 6.07) is 10.2. The average Bonchev–Trinajstić information content (AvgIpc) is 2.19. The molecule has 0 saturated carbocycles. The standard InChI is InChI=1S/C11H7BrFN/c12-10-7-8(13)4-5-9(10)11-3-1-2-6-14-11/h1-7H. The molecular formula is C11H7BrFN. The minimum Gasteiger partial charge on any atom is -0.256 e. The van der Waals surface area contributed by atoms with Crippen LogP contribution in [0.1, 0.15) is 0 Å². The van der Waals surface area contributed by atoms with Crippen molar-refractivity contribution in [3.8, 4) is 11.3 Å². The van der Waals surface area contributed by atoms with Crippen molar-refractivity contribution >= 4 is 15.9 Å². The van der Waals surface area contributed by atoms with Crippen LogP contribution in [0.3, 0.4) is 0 Å². The van der Waals surface area contributed by atoms with Crippen molar-refractivity contribution in [3.05, 3.63) is 52.9 Å². The van der Waals surface area contributed by atoms with E-state index in [1.807, 2.05) is 18.2 Å². The molecule has 0 aliphatic rings. The first kappa shape index (κ1) is 9.34. The van der Waals surface area contributed by atoms with Crippen molar-refractivity contribution in [2.75, 3.05) is 0 Å². The highest BCUT2D eigenvalue weighted by molar-refractivity contribution is 9.10. The summed E-state index contributed by atoms with van der Waals surface area (Å²) >= 11 is 3.30. The van der Waals surface area contributed by atoms with E-state index in [-0.39, 0.29) is 5.82 Å². The Morgan fingerprint density at radius 3 is 2.64 bits per heavy atom. The average molecular weight is 252 g/mol. The molecule has 2 aromatic rings. The zero-order chi connectivity index (χ0) is 9.97. The van der Waals surface area contributed by atoms with Crippen molar-refractivity contribution < 1.29 is 4.39 Å². The van der Waals surface area contributed by atoms with E-state index in [1.54, 1.807) is 12.3 Å². The van der Waals surface area contributed by atoms with Crippen LogP contribution in [0.2, 0.25) is 0 Å². The maximum Gasteiger partial charge on any atom is 0.124 e. The van der Waals surface area contributed by atoms with Gasteiger partial charge in [0.2, 0.25) is 0 Å². The van der Waals surface area contributed by atoms with Gasteiger partial charge < -0.3 is 0 Å². The van der Waals surface area contributed by atoms with Crippen LogP contribution in [0, 0.1) is 5.82 Å². The van der Waals surface area contributed by atoms with Crippen LogP contribution in [-0.4, -0.2) is 4.98 Å². The van der Waals surface area contributed by atoms with E-state index in [4.69, 9.17) is 0 Å². The highest BCUT2D eigenvalue weighted by atomic mass is 79.9. The SMILES string of the molecule is Fc1ccc(-c2ccccn2)c(Br)c1. The second-order valence-electron chi connectivity index (χ2n) is 2.84. The molecule has 0 amide bonds. The van der Waals surface area contributed by atoms with E-state index >= 15 is 0 Å². The van der Waals surface area contributed by atoms with Gasteiger partial charge in [0.1, 0.15) is 5.82 Å². The lowest BCUT2D eigenvalue weighted by molar-refractivity contribution is 0.627. The molecule has 0 atom stereocenters. The lowest BCUT2D eigenvalue weighted by Crippen LogP contribution is -1.84. The van der Waals surface area contributed by atoms with Crippen LogP contribution in [-0.2, 0) is 0 Å². The molecular weight excluding hydrogens is 245 g/mol. The van der Waals surface area contributed by atoms with Crippen LogP contribution in [0.5, 0.6) is 0 Å². The number of benzene rings is 1. The fourth-order valence-electron chi connectivity index (χ4n) is 1.22. The Bertz CT molecular complexity index is 442. The molecule has 0 aliphatic heterocycles. The van der Waals surface area contributed by atoms with Gasteiger partial charge in [-0.3, -0.25) is 4.98 Å². The first-order chi connectivity index (χ1) is 6.77. The summed E-state index contributed by atoms with van der Waals surface area (Å²) in [7, 11) is 0. The molecule has 0 radical (unpaired) electrons. The van der Waals surface area contributed by atoms with Gasteiger partial charge in [-0.05, 0) is 46.3 Å². The third-order valence-corrected chi connectivity index (χ3v) is 2.53. The summed E-state index contributed by atoms with van der Waals surface area (Å²) in [6.45, 7) is 0. The molecule has 0 fully saturated rings. The fourth-order valence-corrected chi connectivity index (χ4v) is 1.77. The molecule has 0 spiro atoms. The van der Waals surface area contributed by atoms with Crippen LogP contribution < -0.4 is 0 Å². The summed E-state index contributed by atoms with van der Waals surface area (Å²) in [5.74, 6) is -0.253. The molecule has 1 nitrogen and oxygen atoms in total. The minimum absolute atomic E-state index is 0.253. The minimum atomic E-state index is -0.253. The van der Waals surface area contributed by atoms with E-state index in [1.165, 1.54) is 12.1 Å². The molecule has 1 aromatic carbocycles. The molecule has 70 valence electrons. The number of hydrogen-bond donors (Lipinski definition) is 0. The number of pyridine rings is 1. The molecule has 0 bridgehead atoms. The van der Waals surface area contributed by atoms with Crippen molar-refractivity contribution in [3.63, 3.8) is 0 Å². The summed E-state index contributed by atoms with van der Waals surface area (Å²) < 4.78 is 13.5. The second-order valence-corrected chi connectivity index (χ2v) is 3.69. The Hall–Kier alpha value is -1.22. The van der Waals surface area contributed by atoms with Gasteiger partial charge in [0.15, 0.2) is 0 Å². The Labute approximate surface area is 89.7 Å². The van der Waals surface area contributed by atoms with Crippen molar-refractivity contribution in [2.24, 2.45) is 0 Å². The summed E-state index contributed by atoms with van der Waals surface area (Å²) in [5.41, 5.74) is 1.73. The van der Waals surface area contributed by atoms with Crippen molar-refractivity contribution in [1.29, 1.82) is 0 Å². The molecule has 0 N–H and O–H groups in total. The Kier molecular flexibility index (Phi) is 2.59. The third kappa shape index (κ3) is 1.82. The van der Waals surface area contributed by atoms with Gasteiger partial charge >= 0.3 is 0 Å². The molecule has 0 aliphatic carbocycles. The number of aromatic nitrogens is 1. The van der Waals surface area contributed by atoms with Crippen molar-refractivity contribution in [2.45, 2.75) is 0 Å². The maximum absolute atomic E-state index is 12.8. The van der Waals surface area contributed by atoms with Gasteiger partial charge in [0, 0.05) is 16.2 Å². The monoisotopic (exact) mass is 251 g/mol. The second kappa shape index (κ2) is 3.88. The molecule has 3 heteroatoms. The summed E-state index contributed by atoms with van der Waals surface area (Å²) in [5, 5.41) is 0. The summed E-state index contributed by atoms with van der Waals surface area (Å²) in [4.78, 5) is 4.19. The number of nitrogens with zero attached hydrogens (tertiary/aromatic N) is 1. The molecule has 0 saturated heterocycles. The van der Waals surface area contributed by atoms with Crippen LogP contribution in [0.4, 0.5) is 4.39 Å². The Balaban J connectivity index is 2.53. The zero-order valence-corrected chi connectivity index (χ0v) is 8.83. The Morgan fingerprint density at radius 2 is 2.00 bits per heavy atom. The van der Waals surface area contributed by atoms with E-state index in [0.29, 0.717) is 0 Å². The molecule has 1 aromatic heterocycles. The molecule has 1 heterocycles.